The quantitative estimate of drug-likeness (QED) is 0.467. The van der Waals surface area contributed by atoms with Gasteiger partial charge in [-0.25, -0.2) is 4.79 Å². The number of carbonyl (C=O) groups excluding carboxylic acids is 1. The van der Waals surface area contributed by atoms with Crippen LogP contribution >= 0.6 is 11.3 Å². The number of thiophene rings is 1. The van der Waals surface area contributed by atoms with Crippen LogP contribution in [0.1, 0.15) is 18.4 Å². The van der Waals surface area contributed by atoms with E-state index in [1.54, 1.807) is 23.3 Å². The van der Waals surface area contributed by atoms with Gasteiger partial charge in [0.2, 0.25) is 5.91 Å². The minimum absolute atomic E-state index is 0.00677. The molecule has 136 valence electrons. The number of rotatable bonds is 7. The Hall–Kier alpha value is -2.94. The van der Waals surface area contributed by atoms with Crippen LogP contribution in [-0.2, 0) is 17.9 Å². The lowest BCUT2D eigenvalue weighted by molar-refractivity contribution is -0.384. The maximum atomic E-state index is 12.2. The largest absolute Gasteiger partial charge is 0.419 e. The van der Waals surface area contributed by atoms with Gasteiger partial charge in [-0.3, -0.25) is 19.5 Å². The number of nitro benzene ring substituents is 1. The minimum atomic E-state index is -0.584. The van der Waals surface area contributed by atoms with Crippen LogP contribution < -0.4 is 5.76 Å². The number of oxazole rings is 1. The first kappa shape index (κ1) is 17.9. The van der Waals surface area contributed by atoms with Crippen molar-refractivity contribution in [2.75, 3.05) is 7.05 Å². The van der Waals surface area contributed by atoms with Gasteiger partial charge in [-0.15, -0.1) is 0 Å². The van der Waals surface area contributed by atoms with Crippen molar-refractivity contribution in [1.29, 1.82) is 0 Å². The van der Waals surface area contributed by atoms with E-state index in [4.69, 9.17) is 4.42 Å². The molecule has 0 bridgehead atoms. The number of nitrogens with zero attached hydrogens (tertiary/aromatic N) is 3. The molecule has 0 aliphatic carbocycles. The summed E-state index contributed by atoms with van der Waals surface area (Å²) in [5, 5.41) is 14.8. The molecule has 26 heavy (non-hydrogen) atoms. The molecule has 0 N–H and O–H groups in total. The fourth-order valence-corrected chi connectivity index (χ4v) is 3.36. The highest BCUT2D eigenvalue weighted by Gasteiger charge is 2.15. The van der Waals surface area contributed by atoms with E-state index in [0.717, 1.165) is 5.56 Å². The zero-order valence-electron chi connectivity index (χ0n) is 14.1. The fourth-order valence-electron chi connectivity index (χ4n) is 2.70. The van der Waals surface area contributed by atoms with Gasteiger partial charge < -0.3 is 9.32 Å². The van der Waals surface area contributed by atoms with E-state index in [9.17, 15) is 19.7 Å². The highest BCUT2D eigenvalue weighted by Crippen LogP contribution is 2.20. The van der Waals surface area contributed by atoms with E-state index < -0.39 is 10.7 Å². The van der Waals surface area contributed by atoms with Crippen molar-refractivity contribution in [1.82, 2.24) is 9.47 Å². The number of aromatic nitrogens is 1. The molecule has 9 heteroatoms. The molecule has 0 saturated heterocycles. The van der Waals surface area contributed by atoms with E-state index in [2.05, 4.69) is 0 Å². The second-order valence-electron chi connectivity index (χ2n) is 5.91. The summed E-state index contributed by atoms with van der Waals surface area (Å²) >= 11 is 1.59. The number of hydrogen-bond acceptors (Lipinski definition) is 6. The van der Waals surface area contributed by atoms with Gasteiger partial charge in [-0.2, -0.15) is 11.3 Å². The number of carbonyl (C=O) groups is 1. The molecule has 2 heterocycles. The van der Waals surface area contributed by atoms with Crippen molar-refractivity contribution < 1.29 is 14.1 Å². The molecule has 3 aromatic rings. The van der Waals surface area contributed by atoms with Crippen LogP contribution in [0.25, 0.3) is 11.1 Å². The molecule has 3 rings (SSSR count). The molecule has 0 aliphatic rings. The summed E-state index contributed by atoms with van der Waals surface area (Å²) in [4.78, 5) is 36.1. The lowest BCUT2D eigenvalue weighted by Gasteiger charge is -2.16. The molecule has 0 fully saturated rings. The minimum Gasteiger partial charge on any atom is -0.407 e. The van der Waals surface area contributed by atoms with Crippen LogP contribution in [0.3, 0.4) is 0 Å². The summed E-state index contributed by atoms with van der Waals surface area (Å²) in [6, 6.07) is 6.02. The first-order chi connectivity index (χ1) is 12.5. The van der Waals surface area contributed by atoms with Crippen molar-refractivity contribution in [3.8, 4) is 0 Å². The van der Waals surface area contributed by atoms with Gasteiger partial charge in [0.25, 0.3) is 5.69 Å². The monoisotopic (exact) mass is 375 g/mol. The molecule has 2 aromatic heterocycles. The van der Waals surface area contributed by atoms with E-state index in [0.29, 0.717) is 31.4 Å². The Labute approximate surface area is 152 Å². The van der Waals surface area contributed by atoms with Crippen LogP contribution in [-0.4, -0.2) is 27.3 Å². The zero-order valence-corrected chi connectivity index (χ0v) is 14.9. The SMILES string of the molecule is CN(Cc1ccsc1)C(=O)CCCn1c(=O)oc2cc([N+](=O)[O-])ccc21. The van der Waals surface area contributed by atoms with Crippen molar-refractivity contribution >= 4 is 34.0 Å². The lowest BCUT2D eigenvalue weighted by Crippen LogP contribution is -2.26. The summed E-state index contributed by atoms with van der Waals surface area (Å²) in [6.07, 6.45) is 0.769. The van der Waals surface area contributed by atoms with Gasteiger partial charge >= 0.3 is 5.76 Å². The second kappa shape index (κ2) is 7.52. The number of aryl methyl sites for hydroxylation is 1. The number of amides is 1. The number of hydrogen-bond donors (Lipinski definition) is 0. The number of benzene rings is 1. The molecule has 0 radical (unpaired) electrons. The summed E-state index contributed by atoms with van der Waals surface area (Å²) in [5.41, 5.74) is 1.61. The van der Waals surface area contributed by atoms with Crippen molar-refractivity contribution in [2.45, 2.75) is 25.9 Å². The topological polar surface area (TPSA) is 98.6 Å². The van der Waals surface area contributed by atoms with Crippen LogP contribution in [0.4, 0.5) is 5.69 Å². The summed E-state index contributed by atoms with van der Waals surface area (Å²) in [6.45, 7) is 0.863. The number of non-ortho nitro benzene ring substituents is 1. The average Bonchev–Trinajstić information content (AvgIpc) is 3.21. The van der Waals surface area contributed by atoms with E-state index >= 15 is 0 Å². The smallest absolute Gasteiger partial charge is 0.407 e. The molecule has 0 spiro atoms. The van der Waals surface area contributed by atoms with Crippen LogP contribution in [0, 0.1) is 10.1 Å². The Morgan fingerprint density at radius 1 is 1.38 bits per heavy atom. The Morgan fingerprint density at radius 3 is 2.88 bits per heavy atom. The van der Waals surface area contributed by atoms with Gasteiger partial charge in [-0.1, -0.05) is 0 Å². The fraction of sp³-hybridized carbons (Fsp3) is 0.294. The summed E-state index contributed by atoms with van der Waals surface area (Å²) in [5.74, 6) is -0.590. The first-order valence-electron chi connectivity index (χ1n) is 7.98. The number of nitro groups is 1. The van der Waals surface area contributed by atoms with Gasteiger partial charge in [0.15, 0.2) is 5.58 Å². The van der Waals surface area contributed by atoms with Crippen LogP contribution in [0.5, 0.6) is 0 Å². The van der Waals surface area contributed by atoms with Crippen LogP contribution in [0.15, 0.2) is 44.2 Å². The maximum Gasteiger partial charge on any atom is 0.419 e. The van der Waals surface area contributed by atoms with E-state index in [1.165, 1.54) is 22.8 Å². The highest BCUT2D eigenvalue weighted by molar-refractivity contribution is 7.07. The van der Waals surface area contributed by atoms with Crippen molar-refractivity contribution in [2.24, 2.45) is 0 Å². The van der Waals surface area contributed by atoms with Crippen LogP contribution in [0.2, 0.25) is 0 Å². The van der Waals surface area contributed by atoms with E-state index in [1.807, 2.05) is 16.8 Å². The summed E-state index contributed by atoms with van der Waals surface area (Å²) < 4.78 is 6.47. The zero-order chi connectivity index (χ0) is 18.7. The predicted molar refractivity (Wildman–Crippen MR) is 97.2 cm³/mol. The Bertz CT molecular complexity index is 990. The third-order valence-corrected chi connectivity index (χ3v) is 4.79. The molecule has 0 saturated carbocycles. The third-order valence-electron chi connectivity index (χ3n) is 4.06. The Balaban J connectivity index is 1.62. The van der Waals surface area contributed by atoms with E-state index in [-0.39, 0.29) is 17.2 Å². The maximum absolute atomic E-state index is 12.2. The van der Waals surface area contributed by atoms with Gasteiger partial charge in [0.1, 0.15) is 0 Å². The molecule has 1 aromatic carbocycles. The predicted octanol–water partition coefficient (Wildman–Crippen LogP) is 3.00. The highest BCUT2D eigenvalue weighted by atomic mass is 32.1. The Morgan fingerprint density at radius 2 is 2.19 bits per heavy atom. The first-order valence-corrected chi connectivity index (χ1v) is 8.93. The van der Waals surface area contributed by atoms with Gasteiger partial charge in [0.05, 0.1) is 16.5 Å². The van der Waals surface area contributed by atoms with Gasteiger partial charge in [0, 0.05) is 32.6 Å². The lowest BCUT2D eigenvalue weighted by atomic mass is 10.2. The normalized spacial score (nSPS) is 11.0. The third kappa shape index (κ3) is 3.83. The van der Waals surface area contributed by atoms with Crippen molar-refractivity contribution in [3.05, 3.63) is 61.3 Å². The second-order valence-corrected chi connectivity index (χ2v) is 6.69. The molecule has 0 unspecified atom stereocenters. The van der Waals surface area contributed by atoms with Crippen molar-refractivity contribution in [3.63, 3.8) is 0 Å². The standard InChI is InChI=1S/C17H17N3O5S/c1-18(10-12-6-8-26-11-12)16(21)3-2-7-19-14-5-4-13(20(23)24)9-15(14)25-17(19)22/h4-6,8-9,11H,2-3,7,10H2,1H3. The molecule has 1 amide bonds. The Kier molecular flexibility index (Phi) is 5.17. The molecule has 8 nitrogen and oxygen atoms in total. The number of fused-ring (bicyclic) bond motifs is 1. The molecule has 0 atom stereocenters. The van der Waals surface area contributed by atoms with Gasteiger partial charge in [-0.05, 0) is 34.9 Å². The summed E-state index contributed by atoms with van der Waals surface area (Å²) in [7, 11) is 1.75. The average molecular weight is 375 g/mol. The molecule has 0 aliphatic heterocycles. The molecular weight excluding hydrogens is 358 g/mol. The molecular formula is C17H17N3O5S.